The molecule has 0 aliphatic heterocycles. The molecule has 0 unspecified atom stereocenters. The summed E-state index contributed by atoms with van der Waals surface area (Å²) in [5.41, 5.74) is 6.79. The molecule has 0 atom stereocenters. The summed E-state index contributed by atoms with van der Waals surface area (Å²) in [7, 11) is 1.55. The molecular formula is C10H11F2N3. The number of rotatable bonds is 3. The van der Waals surface area contributed by atoms with Crippen LogP contribution in [0.2, 0.25) is 0 Å². The summed E-state index contributed by atoms with van der Waals surface area (Å²) in [5.74, 6) is 0. The Labute approximate surface area is 86.7 Å². The zero-order chi connectivity index (χ0) is 11.4. The highest BCUT2D eigenvalue weighted by Crippen LogP contribution is 2.20. The van der Waals surface area contributed by atoms with Gasteiger partial charge in [0.25, 0.3) is 6.43 Å². The van der Waals surface area contributed by atoms with E-state index in [4.69, 9.17) is 11.0 Å². The lowest BCUT2D eigenvalue weighted by Crippen LogP contribution is -2.24. The highest BCUT2D eigenvalue weighted by Gasteiger charge is 2.09. The molecule has 0 bridgehead atoms. The molecule has 1 aromatic rings. The molecule has 3 nitrogen and oxygen atoms in total. The summed E-state index contributed by atoms with van der Waals surface area (Å²) < 4.78 is 24.2. The number of nitrogens with two attached hydrogens (primary N) is 1. The molecule has 0 heterocycles. The standard InChI is InChI=1S/C10H11F2N3/c1-15(6-10(11)12)8-3-2-7(5-13)9(14)4-8/h2-4,10H,6,14H2,1H3. The Morgan fingerprint density at radius 3 is 2.67 bits per heavy atom. The zero-order valence-electron chi connectivity index (χ0n) is 8.24. The minimum absolute atomic E-state index is 0.302. The van der Waals surface area contributed by atoms with Gasteiger partial charge in [0, 0.05) is 12.7 Å². The van der Waals surface area contributed by atoms with E-state index in [2.05, 4.69) is 0 Å². The van der Waals surface area contributed by atoms with Gasteiger partial charge in [0.05, 0.1) is 17.8 Å². The van der Waals surface area contributed by atoms with Gasteiger partial charge >= 0.3 is 0 Å². The molecule has 2 N–H and O–H groups in total. The lowest BCUT2D eigenvalue weighted by Gasteiger charge is -2.19. The Bertz CT molecular complexity index is 385. The third-order valence-electron chi connectivity index (χ3n) is 2.01. The van der Waals surface area contributed by atoms with E-state index >= 15 is 0 Å². The molecule has 0 spiro atoms. The van der Waals surface area contributed by atoms with Crippen LogP contribution in [0.5, 0.6) is 0 Å². The van der Waals surface area contributed by atoms with Gasteiger partial charge in [0.1, 0.15) is 6.07 Å². The van der Waals surface area contributed by atoms with Crippen LogP contribution in [0.3, 0.4) is 0 Å². The van der Waals surface area contributed by atoms with Gasteiger partial charge in [-0.2, -0.15) is 5.26 Å². The first-order valence-corrected chi connectivity index (χ1v) is 4.33. The van der Waals surface area contributed by atoms with Crippen LogP contribution in [0.1, 0.15) is 5.56 Å². The molecule has 0 aromatic heterocycles. The summed E-state index contributed by atoms with van der Waals surface area (Å²) in [6.45, 7) is -0.356. The lowest BCUT2D eigenvalue weighted by atomic mass is 10.1. The number of benzene rings is 1. The summed E-state index contributed by atoms with van der Waals surface area (Å²) in [4.78, 5) is 1.39. The van der Waals surface area contributed by atoms with Crippen LogP contribution in [0.25, 0.3) is 0 Å². The maximum absolute atomic E-state index is 12.1. The highest BCUT2D eigenvalue weighted by atomic mass is 19.3. The Morgan fingerprint density at radius 2 is 2.20 bits per heavy atom. The topological polar surface area (TPSA) is 53.0 Å². The Balaban J connectivity index is 2.88. The van der Waals surface area contributed by atoms with Gasteiger partial charge in [-0.3, -0.25) is 0 Å². The summed E-state index contributed by atoms with van der Waals surface area (Å²) in [5, 5.41) is 8.63. The Hall–Kier alpha value is -1.83. The van der Waals surface area contributed by atoms with Gasteiger partial charge in [-0.05, 0) is 18.2 Å². The van der Waals surface area contributed by atoms with Crippen molar-refractivity contribution in [2.75, 3.05) is 24.2 Å². The van der Waals surface area contributed by atoms with Crippen LogP contribution in [0.15, 0.2) is 18.2 Å². The molecule has 5 heteroatoms. The summed E-state index contributed by atoms with van der Waals surface area (Å²) in [6.07, 6.45) is -2.40. The molecule has 1 aromatic carbocycles. The van der Waals surface area contributed by atoms with Gasteiger partial charge in [0.15, 0.2) is 0 Å². The predicted molar refractivity (Wildman–Crippen MR) is 54.8 cm³/mol. The third-order valence-corrected chi connectivity index (χ3v) is 2.01. The number of hydrogen-bond acceptors (Lipinski definition) is 3. The van der Waals surface area contributed by atoms with E-state index in [1.807, 2.05) is 6.07 Å². The monoisotopic (exact) mass is 211 g/mol. The quantitative estimate of drug-likeness (QED) is 0.776. The van der Waals surface area contributed by atoms with Crippen LogP contribution in [-0.2, 0) is 0 Å². The number of anilines is 2. The van der Waals surface area contributed by atoms with Crippen LogP contribution in [-0.4, -0.2) is 20.0 Å². The van der Waals surface area contributed by atoms with E-state index in [0.717, 1.165) is 0 Å². The number of nitrogens with zero attached hydrogens (tertiary/aromatic N) is 2. The van der Waals surface area contributed by atoms with Crippen molar-refractivity contribution in [1.29, 1.82) is 5.26 Å². The first-order chi connectivity index (χ1) is 7.04. The number of nitriles is 1. The van der Waals surface area contributed by atoms with Gasteiger partial charge in [-0.25, -0.2) is 8.78 Å². The maximum atomic E-state index is 12.1. The van der Waals surface area contributed by atoms with E-state index in [1.165, 1.54) is 17.0 Å². The second-order valence-electron chi connectivity index (χ2n) is 3.15. The minimum atomic E-state index is -2.40. The second kappa shape index (κ2) is 4.60. The van der Waals surface area contributed by atoms with Crippen LogP contribution in [0, 0.1) is 11.3 Å². The molecule has 0 saturated heterocycles. The van der Waals surface area contributed by atoms with E-state index < -0.39 is 6.43 Å². The van der Waals surface area contributed by atoms with Crippen molar-refractivity contribution < 1.29 is 8.78 Å². The fourth-order valence-corrected chi connectivity index (χ4v) is 1.20. The van der Waals surface area contributed by atoms with Crippen molar-refractivity contribution in [3.8, 4) is 6.07 Å². The Kier molecular flexibility index (Phi) is 3.45. The van der Waals surface area contributed by atoms with E-state index in [0.29, 0.717) is 16.9 Å². The van der Waals surface area contributed by atoms with Gasteiger partial charge in [-0.15, -0.1) is 0 Å². The van der Waals surface area contributed by atoms with Crippen molar-refractivity contribution >= 4 is 11.4 Å². The average molecular weight is 211 g/mol. The highest BCUT2D eigenvalue weighted by molar-refractivity contribution is 5.63. The zero-order valence-corrected chi connectivity index (χ0v) is 8.24. The molecule has 0 saturated carbocycles. The second-order valence-corrected chi connectivity index (χ2v) is 3.15. The van der Waals surface area contributed by atoms with E-state index in [-0.39, 0.29) is 6.54 Å². The fourth-order valence-electron chi connectivity index (χ4n) is 1.20. The van der Waals surface area contributed by atoms with Crippen molar-refractivity contribution in [2.24, 2.45) is 0 Å². The lowest BCUT2D eigenvalue weighted by molar-refractivity contribution is 0.156. The summed E-state index contributed by atoms with van der Waals surface area (Å²) >= 11 is 0. The largest absolute Gasteiger partial charge is 0.398 e. The summed E-state index contributed by atoms with van der Waals surface area (Å²) in [6, 6.07) is 6.54. The minimum Gasteiger partial charge on any atom is -0.398 e. The fraction of sp³-hybridized carbons (Fsp3) is 0.300. The van der Waals surface area contributed by atoms with Gasteiger partial charge in [-0.1, -0.05) is 0 Å². The van der Waals surface area contributed by atoms with Crippen molar-refractivity contribution in [3.63, 3.8) is 0 Å². The average Bonchev–Trinajstić information content (AvgIpc) is 2.16. The van der Waals surface area contributed by atoms with Gasteiger partial charge < -0.3 is 10.6 Å². The molecule has 15 heavy (non-hydrogen) atoms. The van der Waals surface area contributed by atoms with Crippen LogP contribution in [0.4, 0.5) is 20.2 Å². The smallest absolute Gasteiger partial charge is 0.255 e. The number of alkyl halides is 2. The SMILES string of the molecule is CN(CC(F)F)c1ccc(C#N)c(N)c1. The van der Waals surface area contributed by atoms with Crippen LogP contribution >= 0.6 is 0 Å². The first kappa shape index (κ1) is 11.2. The third kappa shape index (κ3) is 2.81. The van der Waals surface area contributed by atoms with Crippen LogP contribution < -0.4 is 10.6 Å². The number of hydrogen-bond donors (Lipinski definition) is 1. The molecular weight excluding hydrogens is 200 g/mol. The molecule has 0 aliphatic carbocycles. The van der Waals surface area contributed by atoms with Crippen molar-refractivity contribution in [2.45, 2.75) is 6.43 Å². The van der Waals surface area contributed by atoms with Crippen molar-refractivity contribution in [3.05, 3.63) is 23.8 Å². The molecule has 0 aliphatic rings. The maximum Gasteiger partial charge on any atom is 0.255 e. The number of nitrogen functional groups attached to an aromatic ring is 1. The molecule has 80 valence electrons. The Morgan fingerprint density at radius 1 is 1.53 bits per heavy atom. The number of halogens is 2. The normalized spacial score (nSPS) is 10.1. The van der Waals surface area contributed by atoms with Gasteiger partial charge in [0.2, 0.25) is 0 Å². The molecule has 0 amide bonds. The molecule has 1 rings (SSSR count). The van der Waals surface area contributed by atoms with E-state index in [9.17, 15) is 8.78 Å². The predicted octanol–water partition coefficient (Wildman–Crippen LogP) is 1.84. The van der Waals surface area contributed by atoms with E-state index in [1.54, 1.807) is 13.1 Å². The first-order valence-electron chi connectivity index (χ1n) is 4.33. The molecule has 0 radical (unpaired) electrons. The van der Waals surface area contributed by atoms with Crippen molar-refractivity contribution in [1.82, 2.24) is 0 Å². The molecule has 0 fully saturated rings.